The van der Waals surface area contributed by atoms with Gasteiger partial charge in [0.2, 0.25) is 5.91 Å². The molecular weight excluding hydrogens is 270 g/mol. The van der Waals surface area contributed by atoms with Crippen LogP contribution in [-0.4, -0.2) is 5.91 Å². The number of carbonyl (C=O) groups is 1. The van der Waals surface area contributed by atoms with E-state index in [1.807, 2.05) is 30.3 Å². The first-order valence-electron chi connectivity index (χ1n) is 7.99. The number of fused-ring (bicyclic) bond motifs is 1. The first-order chi connectivity index (χ1) is 10.6. The molecule has 0 radical (unpaired) electrons. The predicted octanol–water partition coefficient (Wildman–Crippen LogP) is 4.16. The first-order valence-corrected chi connectivity index (χ1v) is 7.99. The number of nitrogens with one attached hydrogen (secondary N) is 1. The maximum Gasteiger partial charge on any atom is 0.224 e. The fourth-order valence-corrected chi connectivity index (χ4v) is 3.39. The summed E-state index contributed by atoms with van der Waals surface area (Å²) in [7, 11) is 0. The number of hydrogen-bond acceptors (Lipinski definition) is 1. The summed E-state index contributed by atoms with van der Waals surface area (Å²) in [6.45, 7) is 4.57. The molecule has 1 aliphatic carbocycles. The molecule has 2 nitrogen and oxygen atoms in total. The van der Waals surface area contributed by atoms with Crippen molar-refractivity contribution in [3.05, 3.63) is 71.3 Å². The van der Waals surface area contributed by atoms with Crippen molar-refractivity contribution >= 4 is 5.91 Å². The third-order valence-corrected chi connectivity index (χ3v) is 4.67. The van der Waals surface area contributed by atoms with E-state index in [9.17, 15) is 4.79 Å². The molecule has 2 heteroatoms. The largest absolute Gasteiger partial charge is 0.349 e. The second-order valence-corrected chi connectivity index (χ2v) is 6.79. The summed E-state index contributed by atoms with van der Waals surface area (Å²) in [5.74, 6) is 0.103. The summed E-state index contributed by atoms with van der Waals surface area (Å²) in [4.78, 5) is 12.3. The van der Waals surface area contributed by atoms with Gasteiger partial charge < -0.3 is 5.32 Å². The highest BCUT2D eigenvalue weighted by atomic mass is 16.1. The van der Waals surface area contributed by atoms with Crippen molar-refractivity contribution in [2.75, 3.05) is 0 Å². The minimum absolute atomic E-state index is 0.103. The van der Waals surface area contributed by atoms with E-state index >= 15 is 0 Å². The molecule has 0 bridgehead atoms. The summed E-state index contributed by atoms with van der Waals surface area (Å²) in [6.07, 6.45) is 2.55. The summed E-state index contributed by atoms with van der Waals surface area (Å²) < 4.78 is 0. The van der Waals surface area contributed by atoms with Gasteiger partial charge in [-0.05, 0) is 34.9 Å². The number of hydrogen-bond donors (Lipinski definition) is 1. The lowest BCUT2D eigenvalue weighted by atomic mass is 9.71. The fraction of sp³-hybridized carbons (Fsp3) is 0.350. The van der Waals surface area contributed by atoms with E-state index in [0.29, 0.717) is 6.42 Å². The van der Waals surface area contributed by atoms with Crippen LogP contribution in [0.15, 0.2) is 54.6 Å². The van der Waals surface area contributed by atoms with Gasteiger partial charge in [0.1, 0.15) is 0 Å². The Kier molecular flexibility index (Phi) is 4.02. The number of amides is 1. The van der Waals surface area contributed by atoms with E-state index in [0.717, 1.165) is 18.4 Å². The lowest BCUT2D eigenvalue weighted by molar-refractivity contribution is -0.121. The normalized spacial score (nSPS) is 19.3. The predicted molar refractivity (Wildman–Crippen MR) is 89.7 cm³/mol. The molecule has 1 N–H and O–H groups in total. The maximum absolute atomic E-state index is 12.3. The van der Waals surface area contributed by atoms with E-state index in [1.165, 1.54) is 11.1 Å². The van der Waals surface area contributed by atoms with Gasteiger partial charge in [0.15, 0.2) is 0 Å². The van der Waals surface area contributed by atoms with Gasteiger partial charge in [-0.25, -0.2) is 0 Å². The third-order valence-electron chi connectivity index (χ3n) is 4.67. The highest BCUT2D eigenvalue weighted by molar-refractivity contribution is 5.79. The molecule has 0 saturated heterocycles. The van der Waals surface area contributed by atoms with E-state index < -0.39 is 0 Å². The molecule has 114 valence electrons. The van der Waals surface area contributed by atoms with Gasteiger partial charge in [-0.1, -0.05) is 68.4 Å². The molecular formula is C20H23NO. The average molecular weight is 293 g/mol. The molecule has 0 aromatic heterocycles. The van der Waals surface area contributed by atoms with Crippen molar-refractivity contribution in [2.45, 2.75) is 44.6 Å². The fourth-order valence-electron chi connectivity index (χ4n) is 3.39. The summed E-state index contributed by atoms with van der Waals surface area (Å²) in [5, 5.41) is 3.22. The molecule has 0 heterocycles. The van der Waals surface area contributed by atoms with Gasteiger partial charge in [-0.2, -0.15) is 0 Å². The quantitative estimate of drug-likeness (QED) is 0.904. The lowest BCUT2D eigenvalue weighted by Crippen LogP contribution is -2.36. The highest BCUT2D eigenvalue weighted by Gasteiger charge is 2.32. The number of carbonyl (C=O) groups excluding carboxylic acids is 1. The van der Waals surface area contributed by atoms with Crippen LogP contribution in [0.5, 0.6) is 0 Å². The lowest BCUT2D eigenvalue weighted by Gasteiger charge is -2.37. The average Bonchev–Trinajstić information content (AvgIpc) is 2.51. The van der Waals surface area contributed by atoms with Crippen molar-refractivity contribution < 1.29 is 4.79 Å². The molecule has 0 aliphatic heterocycles. The Morgan fingerprint density at radius 3 is 2.55 bits per heavy atom. The second-order valence-electron chi connectivity index (χ2n) is 6.79. The van der Waals surface area contributed by atoms with Crippen LogP contribution in [0, 0.1) is 0 Å². The SMILES string of the molecule is CC1(C)CCC(NC(=O)Cc2ccccc2)c2ccccc21. The van der Waals surface area contributed by atoms with Crippen molar-refractivity contribution in [1.29, 1.82) is 0 Å². The molecule has 1 amide bonds. The molecule has 0 saturated carbocycles. The van der Waals surface area contributed by atoms with Crippen LogP contribution >= 0.6 is 0 Å². The smallest absolute Gasteiger partial charge is 0.224 e. The summed E-state index contributed by atoms with van der Waals surface area (Å²) in [5.41, 5.74) is 3.90. The zero-order valence-electron chi connectivity index (χ0n) is 13.3. The van der Waals surface area contributed by atoms with Gasteiger partial charge in [-0.15, -0.1) is 0 Å². The Morgan fingerprint density at radius 1 is 1.09 bits per heavy atom. The zero-order valence-corrected chi connectivity index (χ0v) is 13.3. The number of rotatable bonds is 3. The monoisotopic (exact) mass is 293 g/mol. The topological polar surface area (TPSA) is 29.1 Å². The van der Waals surface area contributed by atoms with Crippen LogP contribution in [-0.2, 0) is 16.6 Å². The molecule has 0 fully saturated rings. The molecule has 1 unspecified atom stereocenters. The van der Waals surface area contributed by atoms with E-state index in [-0.39, 0.29) is 17.4 Å². The number of benzene rings is 2. The minimum atomic E-state index is 0.103. The Bertz CT molecular complexity index is 660. The van der Waals surface area contributed by atoms with Gasteiger partial charge in [0.25, 0.3) is 0 Å². The van der Waals surface area contributed by atoms with Gasteiger partial charge in [-0.3, -0.25) is 4.79 Å². The van der Waals surface area contributed by atoms with E-state index in [1.54, 1.807) is 0 Å². The summed E-state index contributed by atoms with van der Waals surface area (Å²) in [6, 6.07) is 18.6. The third kappa shape index (κ3) is 3.06. The van der Waals surface area contributed by atoms with E-state index in [4.69, 9.17) is 0 Å². The van der Waals surface area contributed by atoms with Crippen molar-refractivity contribution in [3.63, 3.8) is 0 Å². The molecule has 3 rings (SSSR count). The standard InChI is InChI=1S/C20H23NO/c1-20(2)13-12-18(16-10-6-7-11-17(16)20)21-19(22)14-15-8-4-3-5-9-15/h3-11,18H,12-14H2,1-2H3,(H,21,22). The van der Waals surface area contributed by atoms with Crippen LogP contribution in [0.4, 0.5) is 0 Å². The van der Waals surface area contributed by atoms with Crippen LogP contribution < -0.4 is 5.32 Å². The van der Waals surface area contributed by atoms with E-state index in [2.05, 4.69) is 43.4 Å². The molecule has 1 aliphatic rings. The Morgan fingerprint density at radius 2 is 1.77 bits per heavy atom. The minimum Gasteiger partial charge on any atom is -0.349 e. The summed E-state index contributed by atoms with van der Waals surface area (Å²) >= 11 is 0. The van der Waals surface area contributed by atoms with Crippen LogP contribution in [0.3, 0.4) is 0 Å². The zero-order chi connectivity index (χ0) is 15.6. The van der Waals surface area contributed by atoms with Gasteiger partial charge in [0, 0.05) is 0 Å². The Labute approximate surface area is 132 Å². The van der Waals surface area contributed by atoms with Crippen LogP contribution in [0.2, 0.25) is 0 Å². The van der Waals surface area contributed by atoms with Crippen molar-refractivity contribution in [2.24, 2.45) is 0 Å². The molecule has 22 heavy (non-hydrogen) atoms. The molecule has 1 atom stereocenters. The Balaban J connectivity index is 1.75. The van der Waals surface area contributed by atoms with Gasteiger partial charge in [0.05, 0.1) is 12.5 Å². The first kappa shape index (κ1) is 14.8. The molecule has 2 aromatic rings. The van der Waals surface area contributed by atoms with Crippen LogP contribution in [0.1, 0.15) is 49.4 Å². The molecule has 0 spiro atoms. The second kappa shape index (κ2) is 5.96. The molecule has 2 aromatic carbocycles. The Hall–Kier alpha value is -2.09. The van der Waals surface area contributed by atoms with Crippen LogP contribution in [0.25, 0.3) is 0 Å². The highest BCUT2D eigenvalue weighted by Crippen LogP contribution is 2.41. The maximum atomic E-state index is 12.3. The van der Waals surface area contributed by atoms with Gasteiger partial charge >= 0.3 is 0 Å². The van der Waals surface area contributed by atoms with Crippen molar-refractivity contribution in [3.8, 4) is 0 Å². The van der Waals surface area contributed by atoms with Crippen molar-refractivity contribution in [1.82, 2.24) is 5.32 Å².